The van der Waals surface area contributed by atoms with Crippen molar-refractivity contribution in [1.29, 1.82) is 0 Å². The van der Waals surface area contributed by atoms with Crippen molar-refractivity contribution in [1.82, 2.24) is 0 Å². The zero-order valence-corrected chi connectivity index (χ0v) is 10.3. The molecule has 2 nitrogen and oxygen atoms in total. The molecule has 13 heavy (non-hydrogen) atoms. The van der Waals surface area contributed by atoms with Crippen LogP contribution in [0.3, 0.4) is 0 Å². The van der Waals surface area contributed by atoms with Gasteiger partial charge in [0.05, 0.1) is 12.2 Å². The summed E-state index contributed by atoms with van der Waals surface area (Å²) < 4.78 is 6.56. The quantitative estimate of drug-likeness (QED) is 0.733. The normalized spacial score (nSPS) is 17.0. The minimum atomic E-state index is -0.278. The van der Waals surface area contributed by atoms with Crippen LogP contribution in [-0.2, 0) is 9.53 Å². The highest BCUT2D eigenvalue weighted by atomic mass is 79.9. The maximum atomic E-state index is 11.4. The summed E-state index contributed by atoms with van der Waals surface area (Å²) in [5, 5.41) is 0. The van der Waals surface area contributed by atoms with Crippen LogP contribution < -0.4 is 0 Å². The van der Waals surface area contributed by atoms with Gasteiger partial charge in [-0.05, 0) is 29.3 Å². The summed E-state index contributed by atoms with van der Waals surface area (Å²) >= 11 is 6.67. The first-order valence-electron chi connectivity index (χ1n) is 3.93. The number of halogens is 2. The van der Waals surface area contributed by atoms with Gasteiger partial charge in [0, 0.05) is 15.4 Å². The maximum Gasteiger partial charge on any atom is 0.338 e. The number of ether oxygens (including phenoxy) is 1. The molecule has 1 aliphatic carbocycles. The largest absolute Gasteiger partial charge is 0.462 e. The highest BCUT2D eigenvalue weighted by molar-refractivity contribution is 9.14. The Morgan fingerprint density at radius 3 is 2.92 bits per heavy atom. The monoisotopic (exact) mass is 307 g/mol. The Hall–Kier alpha value is -0.0900. The average molecular weight is 309 g/mol. The molecule has 71 valence electrons. The number of carbonyl (C=O) groups is 1. The van der Waals surface area contributed by atoms with E-state index in [-0.39, 0.29) is 5.97 Å². The predicted molar refractivity (Wildman–Crippen MR) is 58.5 cm³/mol. The van der Waals surface area contributed by atoms with Crippen molar-refractivity contribution >= 4 is 37.8 Å². The van der Waals surface area contributed by atoms with Crippen LogP contribution in [0.2, 0.25) is 0 Å². The van der Waals surface area contributed by atoms with Crippen molar-refractivity contribution in [3.05, 3.63) is 27.0 Å². The van der Waals surface area contributed by atoms with E-state index in [0.29, 0.717) is 12.2 Å². The molecule has 0 atom stereocenters. The van der Waals surface area contributed by atoms with Crippen molar-refractivity contribution in [2.24, 2.45) is 0 Å². The first kappa shape index (κ1) is 11.0. The molecule has 0 saturated heterocycles. The van der Waals surface area contributed by atoms with Crippen molar-refractivity contribution in [2.45, 2.75) is 13.3 Å². The van der Waals surface area contributed by atoms with Crippen LogP contribution in [0.1, 0.15) is 13.3 Å². The highest BCUT2D eigenvalue weighted by Crippen LogP contribution is 2.33. The molecule has 0 aliphatic heterocycles. The Labute approximate surface area is 94.3 Å². The second kappa shape index (κ2) is 4.96. The van der Waals surface area contributed by atoms with E-state index in [9.17, 15) is 4.79 Å². The molecule has 0 aromatic heterocycles. The van der Waals surface area contributed by atoms with Crippen molar-refractivity contribution in [3.63, 3.8) is 0 Å². The van der Waals surface area contributed by atoms with Gasteiger partial charge in [0.1, 0.15) is 0 Å². The molecule has 0 spiro atoms. The lowest BCUT2D eigenvalue weighted by molar-refractivity contribution is -0.138. The fraction of sp³-hybridized carbons (Fsp3) is 0.333. The van der Waals surface area contributed by atoms with E-state index in [1.54, 1.807) is 6.92 Å². The third-order valence-corrected chi connectivity index (χ3v) is 3.67. The van der Waals surface area contributed by atoms with E-state index in [1.807, 2.05) is 12.5 Å². The van der Waals surface area contributed by atoms with Gasteiger partial charge in [-0.15, -0.1) is 0 Å². The lowest BCUT2D eigenvalue weighted by atomic mass is 10.1. The molecule has 0 aromatic rings. The van der Waals surface area contributed by atoms with Gasteiger partial charge in [-0.25, -0.2) is 4.79 Å². The number of allylic oxidation sites excluding steroid dienone is 2. The van der Waals surface area contributed by atoms with E-state index in [4.69, 9.17) is 4.74 Å². The van der Waals surface area contributed by atoms with Crippen LogP contribution in [0.5, 0.6) is 0 Å². The van der Waals surface area contributed by atoms with Gasteiger partial charge in [-0.3, -0.25) is 0 Å². The standard InChI is InChI=1S/C9H9Br2O2/c1-2-13-9(12)6-4-3-5-7(10)8(6)11/h4-5H,2-3H2,1H3. The number of rotatable bonds is 2. The van der Waals surface area contributed by atoms with Gasteiger partial charge in [0.2, 0.25) is 0 Å². The van der Waals surface area contributed by atoms with Crippen LogP contribution >= 0.6 is 31.9 Å². The molecule has 1 aliphatic rings. The molecule has 0 fully saturated rings. The van der Waals surface area contributed by atoms with Gasteiger partial charge >= 0.3 is 5.97 Å². The molecule has 0 saturated carbocycles. The van der Waals surface area contributed by atoms with E-state index >= 15 is 0 Å². The second-order valence-corrected chi connectivity index (χ2v) is 4.09. The van der Waals surface area contributed by atoms with Gasteiger partial charge in [0.25, 0.3) is 0 Å². The maximum absolute atomic E-state index is 11.4. The molecule has 0 N–H and O–H groups in total. The van der Waals surface area contributed by atoms with Crippen LogP contribution in [-0.4, -0.2) is 12.6 Å². The Kier molecular flexibility index (Phi) is 4.19. The summed E-state index contributed by atoms with van der Waals surface area (Å²) in [7, 11) is 0. The summed E-state index contributed by atoms with van der Waals surface area (Å²) in [4.78, 5) is 11.4. The molecule has 0 amide bonds. The zero-order chi connectivity index (χ0) is 9.84. The number of carbonyl (C=O) groups excluding carboxylic acids is 1. The first-order valence-corrected chi connectivity index (χ1v) is 5.51. The average Bonchev–Trinajstić information content (AvgIpc) is 2.10. The van der Waals surface area contributed by atoms with Gasteiger partial charge < -0.3 is 4.74 Å². The summed E-state index contributed by atoms with van der Waals surface area (Å²) in [5.41, 5.74) is 0.594. The van der Waals surface area contributed by atoms with Crippen LogP contribution in [0.15, 0.2) is 20.6 Å². The van der Waals surface area contributed by atoms with Crippen molar-refractivity contribution < 1.29 is 9.53 Å². The minimum Gasteiger partial charge on any atom is -0.462 e. The van der Waals surface area contributed by atoms with Gasteiger partial charge in [-0.2, -0.15) is 0 Å². The van der Waals surface area contributed by atoms with E-state index < -0.39 is 0 Å². The highest BCUT2D eigenvalue weighted by Gasteiger charge is 2.19. The summed E-state index contributed by atoms with van der Waals surface area (Å²) in [6, 6.07) is 0. The lowest BCUT2D eigenvalue weighted by Crippen LogP contribution is -2.10. The van der Waals surface area contributed by atoms with Crippen molar-refractivity contribution in [2.75, 3.05) is 6.61 Å². The van der Waals surface area contributed by atoms with Crippen LogP contribution in [0.4, 0.5) is 0 Å². The Morgan fingerprint density at radius 1 is 1.62 bits per heavy atom. The smallest absolute Gasteiger partial charge is 0.338 e. The predicted octanol–water partition coefficient (Wildman–Crippen LogP) is 3.09. The van der Waals surface area contributed by atoms with E-state index in [0.717, 1.165) is 15.4 Å². The Bertz CT molecular complexity index is 279. The SMILES string of the molecule is CCOC(=O)C1=CC[CH]C(Br)=C1Br. The topological polar surface area (TPSA) is 26.3 Å². The van der Waals surface area contributed by atoms with E-state index in [1.165, 1.54) is 0 Å². The Balaban J connectivity index is 2.80. The molecule has 0 heterocycles. The summed E-state index contributed by atoms with van der Waals surface area (Å²) in [6.07, 6.45) is 4.57. The summed E-state index contributed by atoms with van der Waals surface area (Å²) in [5.74, 6) is -0.278. The summed E-state index contributed by atoms with van der Waals surface area (Å²) in [6.45, 7) is 2.19. The Morgan fingerprint density at radius 2 is 2.31 bits per heavy atom. The molecular formula is C9H9Br2O2. The van der Waals surface area contributed by atoms with Gasteiger partial charge in [-0.1, -0.05) is 22.0 Å². The zero-order valence-electron chi connectivity index (χ0n) is 7.14. The van der Waals surface area contributed by atoms with Crippen molar-refractivity contribution in [3.8, 4) is 0 Å². The number of hydrogen-bond donors (Lipinski definition) is 0. The fourth-order valence-corrected chi connectivity index (χ4v) is 1.86. The fourth-order valence-electron chi connectivity index (χ4n) is 0.970. The third-order valence-electron chi connectivity index (χ3n) is 1.56. The lowest BCUT2D eigenvalue weighted by Gasteiger charge is -2.12. The molecule has 0 bridgehead atoms. The second-order valence-electron chi connectivity index (χ2n) is 2.44. The molecular weight excluding hydrogens is 300 g/mol. The van der Waals surface area contributed by atoms with Gasteiger partial charge in [0.15, 0.2) is 0 Å². The van der Waals surface area contributed by atoms with Crippen LogP contribution in [0.25, 0.3) is 0 Å². The van der Waals surface area contributed by atoms with E-state index in [2.05, 4.69) is 31.9 Å². The molecule has 4 heteroatoms. The molecule has 0 unspecified atom stereocenters. The molecule has 1 radical (unpaired) electrons. The molecule has 1 rings (SSSR count). The first-order chi connectivity index (χ1) is 6.16. The van der Waals surface area contributed by atoms with Crippen LogP contribution in [0, 0.1) is 6.42 Å². The third kappa shape index (κ3) is 2.68. The number of esters is 1. The molecule has 0 aromatic carbocycles. The minimum absolute atomic E-state index is 0.278. The number of hydrogen-bond acceptors (Lipinski definition) is 2.